The zero-order valence-corrected chi connectivity index (χ0v) is 21.9. The van der Waals surface area contributed by atoms with Gasteiger partial charge in [-0.25, -0.2) is 0 Å². The van der Waals surface area contributed by atoms with Crippen LogP contribution in [0.4, 0.5) is 5.69 Å². The molecule has 38 heavy (non-hydrogen) atoms. The molecule has 3 aliphatic heterocycles. The van der Waals surface area contributed by atoms with Crippen molar-refractivity contribution < 1.29 is 14.4 Å². The van der Waals surface area contributed by atoms with Gasteiger partial charge in [0, 0.05) is 61.9 Å². The van der Waals surface area contributed by atoms with Crippen molar-refractivity contribution in [2.24, 2.45) is 5.41 Å². The zero-order chi connectivity index (χ0) is 26.4. The van der Waals surface area contributed by atoms with Gasteiger partial charge < -0.3 is 15.6 Å². The van der Waals surface area contributed by atoms with E-state index in [1.165, 1.54) is 25.6 Å². The molecule has 2 aromatic rings. The van der Waals surface area contributed by atoms with E-state index in [0.717, 1.165) is 47.8 Å². The molecule has 198 valence electrons. The van der Waals surface area contributed by atoms with E-state index in [1.54, 1.807) is 11.0 Å². The number of anilines is 1. The molecule has 2 saturated heterocycles. The Labute approximate surface area is 222 Å². The molecule has 3 amide bonds. The van der Waals surface area contributed by atoms with E-state index in [-0.39, 0.29) is 18.2 Å². The van der Waals surface area contributed by atoms with Gasteiger partial charge in [0.2, 0.25) is 11.8 Å². The van der Waals surface area contributed by atoms with E-state index in [0.29, 0.717) is 35.5 Å². The average Bonchev–Trinajstić information content (AvgIpc) is 3.57. The largest absolute Gasteiger partial charge is 0.388 e. The van der Waals surface area contributed by atoms with Gasteiger partial charge in [-0.3, -0.25) is 24.6 Å². The summed E-state index contributed by atoms with van der Waals surface area (Å²) < 4.78 is 0. The third kappa shape index (κ3) is 4.62. The summed E-state index contributed by atoms with van der Waals surface area (Å²) in [6.07, 6.45) is 9.43. The van der Waals surface area contributed by atoms with Crippen LogP contribution in [0.25, 0.3) is 10.8 Å². The lowest BCUT2D eigenvalue weighted by molar-refractivity contribution is -0.134. The zero-order valence-electron chi connectivity index (χ0n) is 21.9. The van der Waals surface area contributed by atoms with Gasteiger partial charge in [-0.05, 0) is 66.2 Å². The SMILES string of the molecule is CC1(CN2CCC(N/C=C(\C=N)Cc3ccc4c5c(cccc35)C(=O)N4C3CCC(=O)NC3=O)CC2)CC1. The molecule has 3 heterocycles. The Morgan fingerprint density at radius 3 is 2.63 bits per heavy atom. The van der Waals surface area contributed by atoms with Gasteiger partial charge in [-0.1, -0.05) is 25.1 Å². The van der Waals surface area contributed by atoms with Crippen molar-refractivity contribution in [3.8, 4) is 0 Å². The van der Waals surface area contributed by atoms with E-state index < -0.39 is 11.9 Å². The summed E-state index contributed by atoms with van der Waals surface area (Å²) in [5.74, 6) is -0.926. The summed E-state index contributed by atoms with van der Waals surface area (Å²) in [6, 6.07) is 9.30. The highest BCUT2D eigenvalue weighted by Gasteiger charge is 2.41. The Hall–Kier alpha value is -3.52. The van der Waals surface area contributed by atoms with Gasteiger partial charge in [0.15, 0.2) is 0 Å². The number of hydrogen-bond acceptors (Lipinski definition) is 6. The van der Waals surface area contributed by atoms with E-state index in [2.05, 4.69) is 22.5 Å². The van der Waals surface area contributed by atoms with Crippen molar-refractivity contribution in [1.82, 2.24) is 15.5 Å². The molecule has 0 radical (unpaired) electrons. The topological polar surface area (TPSA) is 106 Å². The van der Waals surface area contributed by atoms with Crippen LogP contribution < -0.4 is 15.5 Å². The van der Waals surface area contributed by atoms with Crippen molar-refractivity contribution in [2.45, 2.75) is 64.0 Å². The molecule has 0 aromatic heterocycles. The second-order valence-corrected chi connectivity index (χ2v) is 11.7. The summed E-state index contributed by atoms with van der Waals surface area (Å²) >= 11 is 0. The van der Waals surface area contributed by atoms with E-state index in [4.69, 9.17) is 5.41 Å². The summed E-state index contributed by atoms with van der Waals surface area (Å²) in [6.45, 7) is 5.84. The number of nitrogens with one attached hydrogen (secondary N) is 3. The molecule has 8 nitrogen and oxygen atoms in total. The Morgan fingerprint density at radius 2 is 1.92 bits per heavy atom. The Kier molecular flexibility index (Phi) is 6.30. The fourth-order valence-electron chi connectivity index (χ4n) is 6.22. The predicted molar refractivity (Wildman–Crippen MR) is 147 cm³/mol. The predicted octanol–water partition coefficient (Wildman–Crippen LogP) is 3.54. The molecule has 4 aliphatic rings. The lowest BCUT2D eigenvalue weighted by Crippen LogP contribution is -2.53. The highest BCUT2D eigenvalue weighted by atomic mass is 16.2. The fourth-order valence-corrected chi connectivity index (χ4v) is 6.22. The number of imide groups is 1. The van der Waals surface area contributed by atoms with Crippen LogP contribution in [0.3, 0.4) is 0 Å². The van der Waals surface area contributed by atoms with Crippen molar-refractivity contribution in [1.29, 1.82) is 5.41 Å². The van der Waals surface area contributed by atoms with Gasteiger partial charge in [-0.2, -0.15) is 0 Å². The highest BCUT2D eigenvalue weighted by Crippen LogP contribution is 2.46. The van der Waals surface area contributed by atoms with Crippen LogP contribution in [0.1, 0.15) is 61.4 Å². The van der Waals surface area contributed by atoms with Crippen molar-refractivity contribution in [3.63, 3.8) is 0 Å². The molecule has 8 heteroatoms. The molecule has 3 fully saturated rings. The van der Waals surface area contributed by atoms with Crippen molar-refractivity contribution >= 4 is 40.4 Å². The van der Waals surface area contributed by atoms with Crippen LogP contribution in [0, 0.1) is 10.8 Å². The van der Waals surface area contributed by atoms with Gasteiger partial charge in [0.25, 0.3) is 5.91 Å². The molecule has 0 bridgehead atoms. The summed E-state index contributed by atoms with van der Waals surface area (Å²) in [4.78, 5) is 41.7. The number of carbonyl (C=O) groups is 3. The number of piperidine rings is 2. The molecule has 1 unspecified atom stereocenters. The maximum absolute atomic E-state index is 13.4. The van der Waals surface area contributed by atoms with Crippen LogP contribution in [0.5, 0.6) is 0 Å². The Morgan fingerprint density at radius 1 is 1.13 bits per heavy atom. The molecule has 2 aromatic carbocycles. The molecular weight excluding hydrogens is 478 g/mol. The first-order chi connectivity index (χ1) is 18.3. The minimum atomic E-state index is -0.693. The van der Waals surface area contributed by atoms with Crippen LogP contribution in [-0.4, -0.2) is 60.6 Å². The molecular formula is C30H35N5O3. The van der Waals surface area contributed by atoms with Crippen LogP contribution in [0.2, 0.25) is 0 Å². The number of likely N-dealkylation sites (tertiary alicyclic amines) is 1. The van der Waals surface area contributed by atoms with Crippen LogP contribution in [-0.2, 0) is 16.0 Å². The van der Waals surface area contributed by atoms with Crippen molar-refractivity contribution in [3.05, 3.63) is 53.2 Å². The molecule has 0 spiro atoms. The third-order valence-corrected chi connectivity index (χ3v) is 8.72. The summed E-state index contributed by atoms with van der Waals surface area (Å²) in [7, 11) is 0. The molecule has 3 N–H and O–H groups in total. The van der Waals surface area contributed by atoms with Gasteiger partial charge in [0.1, 0.15) is 6.04 Å². The quantitative estimate of drug-likeness (QED) is 0.370. The van der Waals surface area contributed by atoms with E-state index in [9.17, 15) is 14.4 Å². The second-order valence-electron chi connectivity index (χ2n) is 11.7. The number of benzene rings is 2. The maximum Gasteiger partial charge on any atom is 0.259 e. The minimum Gasteiger partial charge on any atom is -0.388 e. The van der Waals surface area contributed by atoms with E-state index in [1.807, 2.05) is 30.5 Å². The van der Waals surface area contributed by atoms with Gasteiger partial charge >= 0.3 is 0 Å². The molecule has 1 saturated carbocycles. The summed E-state index contributed by atoms with van der Waals surface area (Å²) in [5.41, 5.74) is 3.76. The first kappa shape index (κ1) is 24.8. The molecule has 1 atom stereocenters. The van der Waals surface area contributed by atoms with Crippen molar-refractivity contribution in [2.75, 3.05) is 24.5 Å². The first-order valence-corrected chi connectivity index (χ1v) is 13.7. The second kappa shape index (κ2) is 9.66. The van der Waals surface area contributed by atoms with Crippen LogP contribution >= 0.6 is 0 Å². The smallest absolute Gasteiger partial charge is 0.259 e. The Bertz CT molecular complexity index is 1350. The highest BCUT2D eigenvalue weighted by molar-refractivity contribution is 6.27. The number of hydrogen-bond donors (Lipinski definition) is 3. The standard InChI is InChI=1S/C30H35N5O3/c1-30(11-12-30)18-34-13-9-21(10-14-34)32-17-19(16-31)15-20-5-6-24-27-22(20)3-2-4-23(27)29(38)35(24)25-7-8-26(36)33-28(25)37/h2-6,16-17,21,25,31-32H,7-15,18H2,1H3,(H,33,36,37)/b19-17-,31-16?. The number of allylic oxidation sites excluding steroid dienone is 1. The number of rotatable bonds is 8. The number of amides is 3. The monoisotopic (exact) mass is 513 g/mol. The Balaban J connectivity index is 1.18. The average molecular weight is 514 g/mol. The number of carbonyl (C=O) groups excluding carboxylic acids is 3. The lowest BCUT2D eigenvalue weighted by Gasteiger charge is -2.33. The minimum absolute atomic E-state index is 0.205. The van der Waals surface area contributed by atoms with E-state index >= 15 is 0 Å². The normalized spacial score (nSPS) is 23.6. The first-order valence-electron chi connectivity index (χ1n) is 13.7. The van der Waals surface area contributed by atoms with Gasteiger partial charge in [-0.15, -0.1) is 0 Å². The summed E-state index contributed by atoms with van der Waals surface area (Å²) in [5, 5.41) is 15.8. The fraction of sp³-hybridized carbons (Fsp3) is 0.467. The molecule has 6 rings (SSSR count). The molecule has 1 aliphatic carbocycles. The maximum atomic E-state index is 13.4. The van der Waals surface area contributed by atoms with Gasteiger partial charge in [0.05, 0.1) is 5.69 Å². The lowest BCUT2D eigenvalue weighted by atomic mass is 9.96. The number of nitrogens with zero attached hydrogens (tertiary/aromatic N) is 2. The van der Waals surface area contributed by atoms with Crippen LogP contribution in [0.15, 0.2) is 42.1 Å². The third-order valence-electron chi connectivity index (χ3n) is 8.72.